The van der Waals surface area contributed by atoms with Gasteiger partial charge < -0.3 is 4.42 Å². The van der Waals surface area contributed by atoms with Crippen LogP contribution >= 0.6 is 0 Å². The molecule has 0 unspecified atom stereocenters. The molecule has 4 aromatic carbocycles. The average Bonchev–Trinajstić information content (AvgIpc) is 3.02. The van der Waals surface area contributed by atoms with Gasteiger partial charge in [0.05, 0.1) is 0 Å². The maximum atomic E-state index is 6.54. The maximum Gasteiger partial charge on any atom is 0.143 e. The first-order chi connectivity index (χ1) is 12.5. The van der Waals surface area contributed by atoms with Crippen molar-refractivity contribution in [2.75, 3.05) is 0 Å². The molecule has 0 aliphatic rings. The van der Waals surface area contributed by atoms with Crippen LogP contribution in [-0.2, 0) is 5.41 Å². The van der Waals surface area contributed by atoms with Gasteiger partial charge in [-0.1, -0.05) is 81.4 Å². The second-order valence-corrected chi connectivity index (χ2v) is 8.26. The van der Waals surface area contributed by atoms with Crippen molar-refractivity contribution in [3.63, 3.8) is 0 Å². The molecule has 26 heavy (non-hydrogen) atoms. The van der Waals surface area contributed by atoms with Crippen molar-refractivity contribution >= 4 is 43.5 Å². The van der Waals surface area contributed by atoms with Gasteiger partial charge in [0.15, 0.2) is 0 Å². The molecule has 1 heteroatoms. The number of furan rings is 1. The molecule has 0 fully saturated rings. The predicted octanol–water partition coefficient (Wildman–Crippen LogP) is 7.50. The van der Waals surface area contributed by atoms with Crippen molar-refractivity contribution < 1.29 is 4.42 Å². The molecule has 0 spiro atoms. The predicted molar refractivity (Wildman–Crippen MR) is 112 cm³/mol. The summed E-state index contributed by atoms with van der Waals surface area (Å²) in [5.74, 6) is 0. The quantitative estimate of drug-likeness (QED) is 0.266. The first kappa shape index (κ1) is 15.5. The van der Waals surface area contributed by atoms with Gasteiger partial charge in [0.1, 0.15) is 11.2 Å². The summed E-state index contributed by atoms with van der Waals surface area (Å²) < 4.78 is 6.54. The van der Waals surface area contributed by atoms with Crippen LogP contribution in [0.1, 0.15) is 31.9 Å². The third kappa shape index (κ3) is 1.97. The highest BCUT2D eigenvalue weighted by Gasteiger charge is 2.22. The third-order valence-electron chi connectivity index (χ3n) is 5.57. The van der Waals surface area contributed by atoms with Gasteiger partial charge in [-0.3, -0.25) is 0 Å². The molecule has 0 atom stereocenters. The molecule has 128 valence electrons. The normalized spacial score (nSPS) is 12.6. The Balaban J connectivity index is 2.08. The summed E-state index contributed by atoms with van der Waals surface area (Å²) >= 11 is 0. The van der Waals surface area contributed by atoms with Crippen molar-refractivity contribution in [1.29, 1.82) is 0 Å². The number of hydrogen-bond donors (Lipinski definition) is 0. The molecule has 0 amide bonds. The van der Waals surface area contributed by atoms with Crippen molar-refractivity contribution in [3.8, 4) is 0 Å². The van der Waals surface area contributed by atoms with E-state index in [1.165, 1.54) is 43.4 Å². The summed E-state index contributed by atoms with van der Waals surface area (Å²) in [7, 11) is 0. The van der Waals surface area contributed by atoms with Crippen molar-refractivity contribution in [1.82, 2.24) is 0 Å². The number of fused-ring (bicyclic) bond motifs is 8. The fourth-order valence-corrected chi connectivity index (χ4v) is 4.42. The lowest BCUT2D eigenvalue weighted by Crippen LogP contribution is -2.12. The SMILES string of the molecule is Cc1c(C(C)(C)C)ccc2c1oc1c3ccccc3c3ccccc3c21. The summed E-state index contributed by atoms with van der Waals surface area (Å²) in [6, 6.07) is 21.7. The van der Waals surface area contributed by atoms with Crippen LogP contribution in [0.25, 0.3) is 43.5 Å². The largest absolute Gasteiger partial charge is 0.455 e. The molecule has 0 radical (unpaired) electrons. The third-order valence-corrected chi connectivity index (χ3v) is 5.57. The maximum absolute atomic E-state index is 6.54. The minimum absolute atomic E-state index is 0.0986. The zero-order valence-corrected chi connectivity index (χ0v) is 15.7. The lowest BCUT2D eigenvalue weighted by molar-refractivity contribution is 0.583. The highest BCUT2D eigenvalue weighted by atomic mass is 16.3. The highest BCUT2D eigenvalue weighted by Crippen LogP contribution is 2.43. The summed E-state index contributed by atoms with van der Waals surface area (Å²) in [6.07, 6.45) is 0. The van der Waals surface area contributed by atoms with Gasteiger partial charge >= 0.3 is 0 Å². The highest BCUT2D eigenvalue weighted by molar-refractivity contribution is 6.30. The number of hydrogen-bond acceptors (Lipinski definition) is 1. The van der Waals surface area contributed by atoms with Gasteiger partial charge in [-0.05, 0) is 39.6 Å². The molecule has 1 nitrogen and oxygen atoms in total. The second-order valence-electron chi connectivity index (χ2n) is 8.26. The van der Waals surface area contributed by atoms with E-state index in [0.29, 0.717) is 0 Å². The van der Waals surface area contributed by atoms with E-state index in [9.17, 15) is 0 Å². The van der Waals surface area contributed by atoms with Crippen LogP contribution in [0.2, 0.25) is 0 Å². The van der Waals surface area contributed by atoms with E-state index in [0.717, 1.165) is 11.2 Å². The van der Waals surface area contributed by atoms with Gasteiger partial charge in [0.2, 0.25) is 0 Å². The lowest BCUT2D eigenvalue weighted by Gasteiger charge is -2.21. The molecule has 0 N–H and O–H groups in total. The minimum Gasteiger partial charge on any atom is -0.455 e. The number of rotatable bonds is 0. The van der Waals surface area contributed by atoms with E-state index in [2.05, 4.69) is 88.4 Å². The molecule has 5 aromatic rings. The molecule has 1 heterocycles. The summed E-state index contributed by atoms with van der Waals surface area (Å²) in [6.45, 7) is 8.97. The van der Waals surface area contributed by atoms with E-state index >= 15 is 0 Å². The Bertz CT molecular complexity index is 1310. The summed E-state index contributed by atoms with van der Waals surface area (Å²) in [4.78, 5) is 0. The summed E-state index contributed by atoms with van der Waals surface area (Å²) in [5.41, 5.74) is 4.72. The Labute approximate surface area is 153 Å². The number of benzene rings is 4. The zero-order chi connectivity index (χ0) is 18.1. The van der Waals surface area contributed by atoms with Crippen LogP contribution < -0.4 is 0 Å². The molecule has 5 rings (SSSR count). The fraction of sp³-hybridized carbons (Fsp3) is 0.200. The van der Waals surface area contributed by atoms with Crippen LogP contribution in [0.5, 0.6) is 0 Å². The Morgan fingerprint density at radius 3 is 1.85 bits per heavy atom. The minimum atomic E-state index is 0.0986. The van der Waals surface area contributed by atoms with Gasteiger partial charge in [-0.2, -0.15) is 0 Å². The Morgan fingerprint density at radius 2 is 1.19 bits per heavy atom. The average molecular weight is 338 g/mol. The number of aryl methyl sites for hydroxylation is 1. The summed E-state index contributed by atoms with van der Waals surface area (Å²) in [5, 5.41) is 7.45. The van der Waals surface area contributed by atoms with Crippen LogP contribution in [0.4, 0.5) is 0 Å². The van der Waals surface area contributed by atoms with Gasteiger partial charge in [-0.15, -0.1) is 0 Å². The van der Waals surface area contributed by atoms with E-state index in [1.54, 1.807) is 0 Å². The molecular weight excluding hydrogens is 316 g/mol. The molecule has 0 aliphatic heterocycles. The van der Waals surface area contributed by atoms with Crippen molar-refractivity contribution in [2.45, 2.75) is 33.1 Å². The van der Waals surface area contributed by atoms with E-state index < -0.39 is 0 Å². The van der Waals surface area contributed by atoms with E-state index in [-0.39, 0.29) is 5.41 Å². The van der Waals surface area contributed by atoms with Crippen LogP contribution in [0, 0.1) is 6.92 Å². The topological polar surface area (TPSA) is 13.1 Å². The van der Waals surface area contributed by atoms with E-state index in [1.807, 2.05) is 0 Å². The zero-order valence-electron chi connectivity index (χ0n) is 15.7. The smallest absolute Gasteiger partial charge is 0.143 e. The Kier molecular flexibility index (Phi) is 3.04. The van der Waals surface area contributed by atoms with Gasteiger partial charge in [-0.25, -0.2) is 0 Å². The first-order valence-corrected chi connectivity index (χ1v) is 9.22. The first-order valence-electron chi connectivity index (χ1n) is 9.22. The molecular formula is C25H22O. The molecule has 0 saturated carbocycles. The fourth-order valence-electron chi connectivity index (χ4n) is 4.42. The monoisotopic (exact) mass is 338 g/mol. The van der Waals surface area contributed by atoms with Crippen LogP contribution in [0.15, 0.2) is 65.1 Å². The van der Waals surface area contributed by atoms with Crippen LogP contribution in [-0.4, -0.2) is 0 Å². The molecule has 0 saturated heterocycles. The molecule has 1 aromatic heterocycles. The standard InChI is InChI=1S/C25H22O/c1-15-21(25(2,3)4)14-13-20-22-18-11-7-5-9-16(18)17-10-6-8-12-19(17)24(22)26-23(15)20/h5-14H,1-4H3. The van der Waals surface area contributed by atoms with Crippen LogP contribution in [0.3, 0.4) is 0 Å². The Hall–Kier alpha value is -2.80. The second kappa shape index (κ2) is 5.11. The lowest BCUT2D eigenvalue weighted by atomic mass is 9.83. The van der Waals surface area contributed by atoms with Crippen molar-refractivity contribution in [3.05, 3.63) is 71.8 Å². The van der Waals surface area contributed by atoms with Crippen molar-refractivity contribution in [2.24, 2.45) is 0 Å². The Morgan fingerprint density at radius 1 is 0.615 bits per heavy atom. The van der Waals surface area contributed by atoms with E-state index in [4.69, 9.17) is 4.42 Å². The molecule has 0 bridgehead atoms. The van der Waals surface area contributed by atoms with Gasteiger partial charge in [0, 0.05) is 16.2 Å². The van der Waals surface area contributed by atoms with Gasteiger partial charge in [0.25, 0.3) is 0 Å². The molecule has 0 aliphatic carbocycles.